The molecule has 0 aliphatic rings. The number of nitrogen functional groups attached to an aromatic ring is 1. The lowest BCUT2D eigenvalue weighted by atomic mass is 10.1. The Morgan fingerprint density at radius 2 is 2.12 bits per heavy atom. The van der Waals surface area contributed by atoms with Crippen molar-refractivity contribution in [3.05, 3.63) is 39.3 Å². The summed E-state index contributed by atoms with van der Waals surface area (Å²) < 4.78 is 5.14. The Hall–Kier alpha value is -1.55. The van der Waals surface area contributed by atoms with Gasteiger partial charge in [0.1, 0.15) is 5.75 Å². The quantitative estimate of drug-likeness (QED) is 0.850. The molecule has 3 nitrogen and oxygen atoms in total. The highest BCUT2D eigenvalue weighted by molar-refractivity contribution is 7.11. The summed E-state index contributed by atoms with van der Waals surface area (Å²) in [6.45, 7) is 4.08. The van der Waals surface area contributed by atoms with Crippen LogP contribution >= 0.6 is 11.3 Å². The lowest BCUT2D eigenvalue weighted by molar-refractivity contribution is 0.417. The maximum atomic E-state index is 5.89. The fraction of sp³-hybridized carbons (Fsp3) is 0.308. The maximum Gasteiger partial charge on any atom is 0.141 e. The molecule has 17 heavy (non-hydrogen) atoms. The zero-order valence-corrected chi connectivity index (χ0v) is 11.1. The van der Waals surface area contributed by atoms with Crippen molar-refractivity contribution in [2.75, 3.05) is 12.8 Å². The number of methoxy groups -OCH3 is 1. The average molecular weight is 248 g/mol. The van der Waals surface area contributed by atoms with Gasteiger partial charge in [-0.25, -0.2) is 4.98 Å². The van der Waals surface area contributed by atoms with Crippen molar-refractivity contribution in [1.29, 1.82) is 0 Å². The molecule has 0 saturated heterocycles. The number of thiazole rings is 1. The predicted molar refractivity (Wildman–Crippen MR) is 71.8 cm³/mol. The van der Waals surface area contributed by atoms with E-state index < -0.39 is 0 Å². The number of hydrogen-bond donors (Lipinski definition) is 1. The molecule has 0 aliphatic carbocycles. The summed E-state index contributed by atoms with van der Waals surface area (Å²) in [6.07, 6.45) is 0.880. The summed E-state index contributed by atoms with van der Waals surface area (Å²) in [6, 6.07) is 5.92. The molecule has 0 unspecified atom stereocenters. The Morgan fingerprint density at radius 3 is 2.65 bits per heavy atom. The van der Waals surface area contributed by atoms with Crippen LogP contribution in [0.25, 0.3) is 0 Å². The average Bonchev–Trinajstić information content (AvgIpc) is 2.58. The van der Waals surface area contributed by atoms with Crippen molar-refractivity contribution < 1.29 is 4.74 Å². The number of nitrogens with zero attached hydrogens (tertiary/aromatic N) is 1. The van der Waals surface area contributed by atoms with Gasteiger partial charge in [-0.05, 0) is 31.5 Å². The van der Waals surface area contributed by atoms with Gasteiger partial charge in [-0.1, -0.05) is 6.07 Å². The Morgan fingerprint density at radius 1 is 1.35 bits per heavy atom. The summed E-state index contributed by atoms with van der Waals surface area (Å²) in [5.41, 5.74) is 8.88. The third kappa shape index (κ3) is 2.58. The first kappa shape index (κ1) is 11.9. The fourth-order valence-corrected chi connectivity index (χ4v) is 2.79. The van der Waals surface area contributed by atoms with Gasteiger partial charge in [-0.15, -0.1) is 11.3 Å². The van der Waals surface area contributed by atoms with Crippen LogP contribution in [0.15, 0.2) is 18.2 Å². The SMILES string of the molecule is COc1ccc(Cc2sc(C)nc2C)cc1N. The first-order valence-corrected chi connectivity index (χ1v) is 6.27. The van der Waals surface area contributed by atoms with E-state index in [2.05, 4.69) is 4.98 Å². The highest BCUT2D eigenvalue weighted by Gasteiger charge is 2.07. The minimum absolute atomic E-state index is 0.684. The lowest BCUT2D eigenvalue weighted by Gasteiger charge is -2.06. The van der Waals surface area contributed by atoms with Crippen LogP contribution in [-0.4, -0.2) is 12.1 Å². The topological polar surface area (TPSA) is 48.1 Å². The molecule has 1 aromatic heterocycles. The van der Waals surface area contributed by atoms with Gasteiger partial charge in [0.15, 0.2) is 0 Å². The number of rotatable bonds is 3. The Labute approximate surface area is 105 Å². The van der Waals surface area contributed by atoms with Gasteiger partial charge < -0.3 is 10.5 Å². The Bertz CT molecular complexity index is 534. The molecule has 1 aromatic carbocycles. The van der Waals surface area contributed by atoms with Crippen LogP contribution in [0, 0.1) is 13.8 Å². The van der Waals surface area contributed by atoms with Crippen LogP contribution in [0.3, 0.4) is 0 Å². The smallest absolute Gasteiger partial charge is 0.141 e. The predicted octanol–water partition coefficient (Wildman–Crippen LogP) is 2.94. The summed E-state index contributed by atoms with van der Waals surface area (Å²) in [4.78, 5) is 5.72. The number of benzene rings is 1. The molecule has 0 radical (unpaired) electrons. The van der Waals surface area contributed by atoms with E-state index in [-0.39, 0.29) is 0 Å². The van der Waals surface area contributed by atoms with E-state index in [0.717, 1.165) is 22.9 Å². The van der Waals surface area contributed by atoms with Crippen molar-refractivity contribution in [1.82, 2.24) is 4.98 Å². The van der Waals surface area contributed by atoms with Crippen LogP contribution in [-0.2, 0) is 6.42 Å². The monoisotopic (exact) mass is 248 g/mol. The van der Waals surface area contributed by atoms with Crippen molar-refractivity contribution in [3.63, 3.8) is 0 Å². The highest BCUT2D eigenvalue weighted by atomic mass is 32.1. The third-order valence-corrected chi connectivity index (χ3v) is 3.73. The van der Waals surface area contributed by atoms with Crippen LogP contribution in [0.2, 0.25) is 0 Å². The van der Waals surface area contributed by atoms with Gasteiger partial charge in [0.25, 0.3) is 0 Å². The number of aryl methyl sites for hydroxylation is 2. The molecule has 2 N–H and O–H groups in total. The van der Waals surface area contributed by atoms with Crippen molar-refractivity contribution in [2.24, 2.45) is 0 Å². The number of hydrogen-bond acceptors (Lipinski definition) is 4. The third-order valence-electron chi connectivity index (χ3n) is 2.66. The molecule has 4 heteroatoms. The normalized spacial score (nSPS) is 10.5. The Balaban J connectivity index is 2.24. The molecule has 90 valence electrons. The van der Waals surface area contributed by atoms with E-state index in [1.54, 1.807) is 18.4 Å². The van der Waals surface area contributed by atoms with Gasteiger partial charge in [0, 0.05) is 11.3 Å². The van der Waals surface area contributed by atoms with Gasteiger partial charge >= 0.3 is 0 Å². The van der Waals surface area contributed by atoms with E-state index in [0.29, 0.717) is 5.69 Å². The molecular weight excluding hydrogens is 232 g/mol. The molecule has 0 spiro atoms. The number of ether oxygens (including phenoxy) is 1. The molecule has 0 amide bonds. The van der Waals surface area contributed by atoms with Crippen LogP contribution in [0.4, 0.5) is 5.69 Å². The van der Waals surface area contributed by atoms with E-state index >= 15 is 0 Å². The lowest BCUT2D eigenvalue weighted by Crippen LogP contribution is -1.95. The second-order valence-electron chi connectivity index (χ2n) is 3.99. The minimum Gasteiger partial charge on any atom is -0.495 e. The van der Waals surface area contributed by atoms with Crippen molar-refractivity contribution in [2.45, 2.75) is 20.3 Å². The second-order valence-corrected chi connectivity index (χ2v) is 5.28. The molecule has 1 heterocycles. The number of aromatic nitrogens is 1. The molecule has 0 bridgehead atoms. The van der Waals surface area contributed by atoms with E-state index in [1.807, 2.05) is 32.0 Å². The van der Waals surface area contributed by atoms with E-state index in [1.165, 1.54) is 10.4 Å². The summed E-state index contributed by atoms with van der Waals surface area (Å²) >= 11 is 1.74. The molecule has 0 fully saturated rings. The van der Waals surface area contributed by atoms with E-state index in [9.17, 15) is 0 Å². The summed E-state index contributed by atoms with van der Waals surface area (Å²) in [5, 5.41) is 1.11. The standard InChI is InChI=1S/C13H16N2OS/c1-8-13(17-9(2)15-8)7-10-4-5-12(16-3)11(14)6-10/h4-6H,7,14H2,1-3H3. The Kier molecular flexibility index (Phi) is 3.33. The van der Waals surface area contributed by atoms with Crippen LogP contribution < -0.4 is 10.5 Å². The zero-order chi connectivity index (χ0) is 12.4. The van der Waals surface area contributed by atoms with Gasteiger partial charge in [0.2, 0.25) is 0 Å². The second kappa shape index (κ2) is 4.75. The van der Waals surface area contributed by atoms with Crippen LogP contribution in [0.1, 0.15) is 21.1 Å². The van der Waals surface area contributed by atoms with Crippen molar-refractivity contribution in [3.8, 4) is 5.75 Å². The largest absolute Gasteiger partial charge is 0.495 e. The first-order chi connectivity index (χ1) is 8.10. The first-order valence-electron chi connectivity index (χ1n) is 5.45. The molecule has 0 aliphatic heterocycles. The number of anilines is 1. The minimum atomic E-state index is 0.684. The van der Waals surface area contributed by atoms with Gasteiger partial charge in [0.05, 0.1) is 23.5 Å². The summed E-state index contributed by atoms with van der Waals surface area (Å²) in [5.74, 6) is 0.728. The van der Waals surface area contributed by atoms with E-state index in [4.69, 9.17) is 10.5 Å². The van der Waals surface area contributed by atoms with Crippen molar-refractivity contribution >= 4 is 17.0 Å². The maximum absolute atomic E-state index is 5.89. The van der Waals surface area contributed by atoms with Gasteiger partial charge in [-0.3, -0.25) is 0 Å². The highest BCUT2D eigenvalue weighted by Crippen LogP contribution is 2.26. The molecule has 0 atom stereocenters. The summed E-state index contributed by atoms with van der Waals surface area (Å²) in [7, 11) is 1.63. The molecular formula is C13H16N2OS. The molecule has 2 aromatic rings. The molecule has 0 saturated carbocycles. The zero-order valence-electron chi connectivity index (χ0n) is 10.3. The fourth-order valence-electron chi connectivity index (χ4n) is 1.82. The van der Waals surface area contributed by atoms with Gasteiger partial charge in [-0.2, -0.15) is 0 Å². The number of nitrogens with two attached hydrogens (primary N) is 1. The molecule has 2 rings (SSSR count). The van der Waals surface area contributed by atoms with Crippen LogP contribution in [0.5, 0.6) is 5.75 Å².